The summed E-state index contributed by atoms with van der Waals surface area (Å²) in [5.41, 5.74) is 0.588. The second-order valence-corrected chi connectivity index (χ2v) is 6.42. The van der Waals surface area contributed by atoms with Crippen LogP contribution in [0.4, 0.5) is 0 Å². The Labute approximate surface area is 132 Å². The van der Waals surface area contributed by atoms with Crippen LogP contribution in [0.1, 0.15) is 42.5 Å². The number of carbonyl (C=O) groups is 2. The van der Waals surface area contributed by atoms with Gasteiger partial charge in [0.25, 0.3) is 5.91 Å². The quantitative estimate of drug-likeness (QED) is 0.619. The molecular formula is C15H18INO3. The zero-order valence-corrected chi connectivity index (χ0v) is 13.3. The van der Waals surface area contributed by atoms with E-state index in [4.69, 9.17) is 0 Å². The molecule has 2 rings (SSSR count). The summed E-state index contributed by atoms with van der Waals surface area (Å²) in [4.78, 5) is 23.6. The van der Waals surface area contributed by atoms with Crippen molar-refractivity contribution in [3.8, 4) is 0 Å². The summed E-state index contributed by atoms with van der Waals surface area (Å²) in [5, 5.41) is 12.2. The van der Waals surface area contributed by atoms with Crippen molar-refractivity contribution in [2.75, 3.05) is 0 Å². The van der Waals surface area contributed by atoms with E-state index in [1.54, 1.807) is 6.07 Å². The number of carbonyl (C=O) groups excluding carboxylic acids is 1. The summed E-state index contributed by atoms with van der Waals surface area (Å²) in [5.74, 6) is -1.45. The summed E-state index contributed by atoms with van der Waals surface area (Å²) in [6.07, 6.45) is 4.33. The van der Waals surface area contributed by atoms with Gasteiger partial charge in [-0.3, -0.25) is 9.59 Å². The third-order valence-corrected chi connectivity index (χ3v) is 4.41. The van der Waals surface area contributed by atoms with Crippen LogP contribution in [0.25, 0.3) is 0 Å². The standard InChI is InChI=1S/C15H18INO3/c16-11-6-4-5-10(9-11)14(18)17-13-8-3-1-2-7-12(13)15(19)20/h4-6,9,12-13H,1-3,7-8H2,(H,17,18)(H,19,20). The minimum absolute atomic E-state index is 0.179. The minimum Gasteiger partial charge on any atom is -0.481 e. The van der Waals surface area contributed by atoms with Gasteiger partial charge in [0.2, 0.25) is 0 Å². The van der Waals surface area contributed by atoms with Crippen LogP contribution in [0.15, 0.2) is 24.3 Å². The first-order chi connectivity index (χ1) is 9.58. The highest BCUT2D eigenvalue weighted by Gasteiger charge is 2.30. The van der Waals surface area contributed by atoms with Crippen molar-refractivity contribution >= 4 is 34.5 Å². The van der Waals surface area contributed by atoms with E-state index in [0.717, 1.165) is 29.3 Å². The van der Waals surface area contributed by atoms with Gasteiger partial charge in [-0.1, -0.05) is 25.3 Å². The summed E-state index contributed by atoms with van der Waals surface area (Å²) in [6.45, 7) is 0. The molecule has 2 unspecified atom stereocenters. The molecule has 1 aliphatic carbocycles. The second-order valence-electron chi connectivity index (χ2n) is 5.17. The molecule has 0 saturated heterocycles. The molecule has 0 radical (unpaired) electrons. The van der Waals surface area contributed by atoms with Crippen molar-refractivity contribution in [1.29, 1.82) is 0 Å². The Morgan fingerprint density at radius 1 is 1.20 bits per heavy atom. The first-order valence-electron chi connectivity index (χ1n) is 6.87. The average Bonchev–Trinajstić information content (AvgIpc) is 2.64. The topological polar surface area (TPSA) is 66.4 Å². The number of hydrogen-bond acceptors (Lipinski definition) is 2. The minimum atomic E-state index is -0.806. The Kier molecular flexibility index (Phi) is 5.39. The second kappa shape index (κ2) is 7.06. The summed E-state index contributed by atoms with van der Waals surface area (Å²) >= 11 is 2.16. The van der Waals surface area contributed by atoms with E-state index in [1.165, 1.54) is 0 Å². The molecule has 1 saturated carbocycles. The van der Waals surface area contributed by atoms with Crippen LogP contribution in [0.5, 0.6) is 0 Å². The van der Waals surface area contributed by atoms with Crippen LogP contribution in [0.3, 0.4) is 0 Å². The monoisotopic (exact) mass is 387 g/mol. The SMILES string of the molecule is O=C(NC1CCCCCC1C(=O)O)c1cccc(I)c1. The Morgan fingerprint density at radius 2 is 1.95 bits per heavy atom. The van der Waals surface area contributed by atoms with E-state index >= 15 is 0 Å². The van der Waals surface area contributed by atoms with Gasteiger partial charge in [0, 0.05) is 15.2 Å². The van der Waals surface area contributed by atoms with E-state index in [0.29, 0.717) is 12.0 Å². The van der Waals surface area contributed by atoms with E-state index in [-0.39, 0.29) is 11.9 Å². The number of nitrogens with one attached hydrogen (secondary N) is 1. The Balaban J connectivity index is 2.09. The first kappa shape index (κ1) is 15.3. The van der Waals surface area contributed by atoms with E-state index < -0.39 is 11.9 Å². The lowest BCUT2D eigenvalue weighted by atomic mass is 9.94. The highest BCUT2D eigenvalue weighted by atomic mass is 127. The Bertz CT molecular complexity index is 504. The molecule has 0 bridgehead atoms. The van der Waals surface area contributed by atoms with Crippen LogP contribution in [0, 0.1) is 9.49 Å². The zero-order valence-electron chi connectivity index (χ0n) is 11.1. The summed E-state index contributed by atoms with van der Waals surface area (Å²) < 4.78 is 0.992. The highest BCUT2D eigenvalue weighted by molar-refractivity contribution is 14.1. The van der Waals surface area contributed by atoms with Crippen LogP contribution >= 0.6 is 22.6 Å². The number of rotatable bonds is 3. The van der Waals surface area contributed by atoms with Gasteiger partial charge in [0.1, 0.15) is 0 Å². The highest BCUT2D eigenvalue weighted by Crippen LogP contribution is 2.24. The van der Waals surface area contributed by atoms with Gasteiger partial charge in [-0.2, -0.15) is 0 Å². The van der Waals surface area contributed by atoms with Crippen molar-refractivity contribution in [2.45, 2.75) is 38.1 Å². The Morgan fingerprint density at radius 3 is 2.65 bits per heavy atom. The third kappa shape index (κ3) is 3.94. The van der Waals surface area contributed by atoms with Crippen LogP contribution in [-0.4, -0.2) is 23.0 Å². The number of hydrogen-bond donors (Lipinski definition) is 2. The molecule has 1 aromatic rings. The molecular weight excluding hydrogens is 369 g/mol. The van der Waals surface area contributed by atoms with E-state index in [9.17, 15) is 14.7 Å². The lowest BCUT2D eigenvalue weighted by molar-refractivity contribution is -0.142. The maximum Gasteiger partial charge on any atom is 0.308 e. The molecule has 20 heavy (non-hydrogen) atoms. The smallest absolute Gasteiger partial charge is 0.308 e. The van der Waals surface area contributed by atoms with Crippen molar-refractivity contribution in [1.82, 2.24) is 5.32 Å². The van der Waals surface area contributed by atoms with Gasteiger partial charge in [0.15, 0.2) is 0 Å². The van der Waals surface area contributed by atoms with Crippen molar-refractivity contribution in [3.05, 3.63) is 33.4 Å². The molecule has 0 spiro atoms. The molecule has 2 atom stereocenters. The zero-order chi connectivity index (χ0) is 14.5. The lowest BCUT2D eigenvalue weighted by Crippen LogP contribution is -2.42. The number of aliphatic carboxylic acids is 1. The predicted molar refractivity (Wildman–Crippen MR) is 84.6 cm³/mol. The third-order valence-electron chi connectivity index (χ3n) is 3.74. The molecule has 5 heteroatoms. The molecule has 108 valence electrons. The van der Waals surface area contributed by atoms with Crippen molar-refractivity contribution in [3.63, 3.8) is 0 Å². The molecule has 1 amide bonds. The molecule has 1 aliphatic rings. The van der Waals surface area contributed by atoms with Crippen LogP contribution < -0.4 is 5.32 Å². The largest absolute Gasteiger partial charge is 0.481 e. The van der Waals surface area contributed by atoms with Crippen molar-refractivity contribution < 1.29 is 14.7 Å². The first-order valence-corrected chi connectivity index (χ1v) is 7.95. The molecule has 4 nitrogen and oxygen atoms in total. The van der Waals surface area contributed by atoms with Crippen molar-refractivity contribution in [2.24, 2.45) is 5.92 Å². The fraction of sp³-hybridized carbons (Fsp3) is 0.467. The summed E-state index contributed by atoms with van der Waals surface area (Å²) in [7, 11) is 0. The average molecular weight is 387 g/mol. The summed E-state index contributed by atoms with van der Waals surface area (Å²) in [6, 6.07) is 7.05. The molecule has 0 aliphatic heterocycles. The van der Waals surface area contributed by atoms with Gasteiger partial charge < -0.3 is 10.4 Å². The van der Waals surface area contributed by atoms with Crippen LogP contribution in [0.2, 0.25) is 0 Å². The number of carboxylic acid groups (broad SMARTS) is 1. The maximum atomic E-state index is 12.2. The maximum absolute atomic E-state index is 12.2. The van der Waals surface area contributed by atoms with E-state index in [2.05, 4.69) is 27.9 Å². The van der Waals surface area contributed by atoms with E-state index in [1.807, 2.05) is 18.2 Å². The van der Waals surface area contributed by atoms with Gasteiger partial charge in [-0.05, 0) is 53.6 Å². The van der Waals surface area contributed by atoms with Gasteiger partial charge in [0.05, 0.1) is 5.92 Å². The molecule has 0 aromatic heterocycles. The Hall–Kier alpha value is -1.11. The predicted octanol–water partition coefficient (Wildman–Crippen LogP) is 3.05. The van der Waals surface area contributed by atoms with Gasteiger partial charge >= 0.3 is 5.97 Å². The number of amides is 1. The number of benzene rings is 1. The normalized spacial score (nSPS) is 22.9. The molecule has 1 aromatic carbocycles. The fourth-order valence-corrected chi connectivity index (χ4v) is 3.20. The lowest BCUT2D eigenvalue weighted by Gasteiger charge is -2.22. The molecule has 0 heterocycles. The van der Waals surface area contributed by atoms with Gasteiger partial charge in [-0.15, -0.1) is 0 Å². The molecule has 2 N–H and O–H groups in total. The van der Waals surface area contributed by atoms with Crippen LogP contribution in [-0.2, 0) is 4.79 Å². The number of halogens is 1. The van der Waals surface area contributed by atoms with Gasteiger partial charge in [-0.25, -0.2) is 0 Å². The fourth-order valence-electron chi connectivity index (χ4n) is 2.66. The number of carboxylic acids is 1. The molecule has 1 fully saturated rings.